The lowest BCUT2D eigenvalue weighted by molar-refractivity contribution is -0.138. The van der Waals surface area contributed by atoms with Crippen molar-refractivity contribution in [3.63, 3.8) is 0 Å². The van der Waals surface area contributed by atoms with Gasteiger partial charge in [0.15, 0.2) is 0 Å². The van der Waals surface area contributed by atoms with Crippen LogP contribution in [-0.2, 0) is 12.4 Å². The smallest absolute Gasteiger partial charge is 0.417 e. The van der Waals surface area contributed by atoms with Crippen LogP contribution in [0.25, 0.3) is 22.3 Å². The van der Waals surface area contributed by atoms with Gasteiger partial charge in [-0.3, -0.25) is 9.59 Å². The quantitative estimate of drug-likeness (QED) is 0.136. The summed E-state index contributed by atoms with van der Waals surface area (Å²) in [5.74, 6) is -0.335. The molecule has 0 aliphatic heterocycles. The summed E-state index contributed by atoms with van der Waals surface area (Å²) in [5, 5.41) is 2.55. The number of nitrogens with zero attached hydrogens (tertiary/aromatic N) is 4. The Labute approximate surface area is 324 Å². The van der Waals surface area contributed by atoms with Crippen LogP contribution in [0.15, 0.2) is 122 Å². The zero-order chi connectivity index (χ0) is 38.8. The molecule has 6 aromatic rings. The number of carbonyl (C=O) groups excluding carboxylic acids is 2. The van der Waals surface area contributed by atoms with Gasteiger partial charge < -0.3 is 23.5 Å². The fourth-order valence-electron chi connectivity index (χ4n) is 4.47. The van der Waals surface area contributed by atoms with E-state index in [-0.39, 0.29) is 18.2 Å². The fraction of sp³-hybridized carbons (Fsp3) is 0.0556. The third-order valence-corrected chi connectivity index (χ3v) is 7.63. The molecule has 4 aromatic carbocycles. The molecule has 18 heteroatoms. The molecule has 2 heterocycles. The zero-order valence-corrected chi connectivity index (χ0v) is 30.0. The molecule has 0 saturated carbocycles. The van der Waals surface area contributed by atoms with Gasteiger partial charge in [-0.25, -0.2) is 19.9 Å². The van der Waals surface area contributed by atoms with Crippen LogP contribution in [0.4, 0.5) is 38.0 Å². The molecule has 3 N–H and O–H groups in total. The molecule has 280 valence electrons. The van der Waals surface area contributed by atoms with Crippen molar-refractivity contribution in [2.75, 3.05) is 11.1 Å². The van der Waals surface area contributed by atoms with Crippen LogP contribution >= 0.6 is 34.8 Å². The molecule has 0 atom stereocenters. The summed E-state index contributed by atoms with van der Waals surface area (Å²) in [7, 11) is 0. The van der Waals surface area contributed by atoms with Crippen molar-refractivity contribution < 1.29 is 48.3 Å². The second kappa shape index (κ2) is 19.2. The van der Waals surface area contributed by atoms with Gasteiger partial charge in [-0.1, -0.05) is 71.7 Å². The summed E-state index contributed by atoms with van der Waals surface area (Å²) in [6.07, 6.45) is -3.41. The van der Waals surface area contributed by atoms with Gasteiger partial charge in [-0.05, 0) is 71.3 Å². The first-order valence-electron chi connectivity index (χ1n) is 14.8. The molecule has 8 nitrogen and oxygen atoms in total. The van der Waals surface area contributed by atoms with Crippen LogP contribution < -0.4 is 23.5 Å². The maximum Gasteiger partial charge on any atom is 0.417 e. The number of nitrogens with one attached hydrogen (secondary N) is 1. The van der Waals surface area contributed by atoms with Crippen molar-refractivity contribution in [3.8, 4) is 22.3 Å². The number of rotatable bonds is 5. The highest BCUT2D eigenvalue weighted by Crippen LogP contribution is 2.34. The molecule has 0 spiro atoms. The Morgan fingerprint density at radius 3 is 1.50 bits per heavy atom. The van der Waals surface area contributed by atoms with Crippen molar-refractivity contribution >= 4 is 57.6 Å². The lowest BCUT2D eigenvalue weighted by Gasteiger charge is -2.14. The van der Waals surface area contributed by atoms with Gasteiger partial charge in [-0.15, -0.1) is 0 Å². The van der Waals surface area contributed by atoms with E-state index in [1.54, 1.807) is 30.5 Å². The predicted octanol–water partition coefficient (Wildman–Crippen LogP) is 7.54. The number of alkyl halides is 6. The number of hydrogen-bond donors (Lipinski definition) is 2. The van der Waals surface area contributed by atoms with Crippen LogP contribution in [0.2, 0.25) is 10.0 Å². The van der Waals surface area contributed by atoms with Crippen molar-refractivity contribution in [1.29, 1.82) is 0 Å². The summed E-state index contributed by atoms with van der Waals surface area (Å²) in [5.41, 5.74) is 5.60. The lowest BCUT2D eigenvalue weighted by Crippen LogP contribution is -3.00. The number of aromatic nitrogens is 4. The monoisotopic (exact) mass is 825 g/mol. The Morgan fingerprint density at radius 2 is 1.04 bits per heavy atom. The first-order valence-corrected chi connectivity index (χ1v) is 15.9. The van der Waals surface area contributed by atoms with E-state index in [9.17, 15) is 35.9 Å². The molecular weight excluding hydrogens is 804 g/mol. The molecule has 1 amide bonds. The molecule has 0 aliphatic carbocycles. The SMILES string of the molecule is Nc1ncncc1-c1ccc(Cl)cc1.O=C(Cl)c1ccccc1C(F)(F)F.O=C(Nc1ncncc1-c1ccc(Cl)cc1)c1ccccc1C(F)(F)F.[Cl-]. The fourth-order valence-corrected chi connectivity index (χ4v) is 4.88. The van der Waals surface area contributed by atoms with Crippen LogP contribution in [-0.4, -0.2) is 31.1 Å². The van der Waals surface area contributed by atoms with E-state index in [2.05, 4.69) is 25.3 Å². The Kier molecular flexibility index (Phi) is 15.3. The van der Waals surface area contributed by atoms with Gasteiger partial charge >= 0.3 is 12.4 Å². The summed E-state index contributed by atoms with van der Waals surface area (Å²) in [6.45, 7) is 0. The average Bonchev–Trinajstić information content (AvgIpc) is 3.13. The molecule has 2 aromatic heterocycles. The Morgan fingerprint density at radius 1 is 0.611 bits per heavy atom. The number of hydrogen-bond acceptors (Lipinski definition) is 7. The number of anilines is 2. The molecule has 0 radical (unpaired) electrons. The Balaban J connectivity index is 0.000000237. The predicted molar refractivity (Wildman–Crippen MR) is 190 cm³/mol. The van der Waals surface area contributed by atoms with Gasteiger partial charge in [0.1, 0.15) is 24.3 Å². The van der Waals surface area contributed by atoms with Gasteiger partial charge in [0.2, 0.25) is 0 Å². The summed E-state index contributed by atoms with van der Waals surface area (Å²) < 4.78 is 75.9. The first kappa shape index (κ1) is 43.1. The second-order valence-corrected chi connectivity index (χ2v) is 11.7. The average molecular weight is 827 g/mol. The van der Waals surface area contributed by atoms with Crippen molar-refractivity contribution in [2.24, 2.45) is 0 Å². The highest BCUT2D eigenvalue weighted by atomic mass is 35.5. The summed E-state index contributed by atoms with van der Waals surface area (Å²) in [6, 6.07) is 23.0. The molecule has 0 saturated heterocycles. The number of nitrogens with two attached hydrogens (primary N) is 1. The molecule has 54 heavy (non-hydrogen) atoms. The minimum Gasteiger partial charge on any atom is -1.00 e. The number of carbonyl (C=O) groups is 2. The van der Waals surface area contributed by atoms with E-state index >= 15 is 0 Å². The Hall–Kier alpha value is -5.28. The van der Waals surface area contributed by atoms with Crippen LogP contribution in [0.3, 0.4) is 0 Å². The number of amides is 1. The van der Waals surface area contributed by atoms with E-state index in [0.717, 1.165) is 35.4 Å². The molecule has 0 fully saturated rings. The van der Waals surface area contributed by atoms with Crippen molar-refractivity contribution in [2.45, 2.75) is 12.4 Å². The molecule has 0 bridgehead atoms. The van der Waals surface area contributed by atoms with E-state index in [1.807, 2.05) is 24.3 Å². The number of halogens is 10. The van der Waals surface area contributed by atoms with E-state index < -0.39 is 45.8 Å². The Bertz CT molecular complexity index is 2190. The van der Waals surface area contributed by atoms with Gasteiger partial charge in [0.05, 0.1) is 16.7 Å². The highest BCUT2D eigenvalue weighted by molar-refractivity contribution is 6.67. The maximum absolute atomic E-state index is 13.1. The van der Waals surface area contributed by atoms with E-state index in [0.29, 0.717) is 27.0 Å². The van der Waals surface area contributed by atoms with Crippen molar-refractivity contribution in [3.05, 3.63) is 154 Å². The molecule has 0 aliphatic rings. The second-order valence-electron chi connectivity index (χ2n) is 10.4. The minimum absolute atomic E-state index is 0. The van der Waals surface area contributed by atoms with E-state index in [1.165, 1.54) is 43.1 Å². The zero-order valence-electron chi connectivity index (χ0n) is 27.0. The summed E-state index contributed by atoms with van der Waals surface area (Å²) >= 11 is 16.6. The van der Waals surface area contributed by atoms with Crippen molar-refractivity contribution in [1.82, 2.24) is 19.9 Å². The largest absolute Gasteiger partial charge is 1.00 e. The minimum atomic E-state index is -4.64. The van der Waals surface area contributed by atoms with Crippen LogP contribution in [0, 0.1) is 0 Å². The highest BCUT2D eigenvalue weighted by Gasteiger charge is 2.35. The molecule has 6 rings (SSSR count). The third-order valence-electron chi connectivity index (χ3n) is 6.92. The molecular formula is C36H23Cl4F6N6O2-. The van der Waals surface area contributed by atoms with Gasteiger partial charge in [0.25, 0.3) is 11.1 Å². The third kappa shape index (κ3) is 11.9. The maximum atomic E-state index is 13.1. The first-order chi connectivity index (χ1) is 25.1. The standard InChI is InChI=1S/C18H11ClF3N3O.C10H8ClN3.C8H4ClF3O.ClH/c19-12-7-5-11(6-8-12)14-9-23-10-24-16(14)25-17(26)13-3-1-2-4-15(13)18(20,21)22;11-8-3-1-7(2-4-8)9-5-13-6-14-10(9)12;9-7(13)5-3-1-2-4-6(5)8(10,11)12;/h1-10H,(H,23,24,25,26);1-6H,(H2,12,13,14);1-4H;1H/p-1. The summed E-state index contributed by atoms with van der Waals surface area (Å²) in [4.78, 5) is 38.7. The van der Waals surface area contributed by atoms with Crippen LogP contribution in [0.1, 0.15) is 31.8 Å². The number of benzene rings is 4. The molecule has 0 unspecified atom stereocenters. The topological polar surface area (TPSA) is 124 Å². The van der Waals surface area contributed by atoms with Crippen LogP contribution in [0.5, 0.6) is 0 Å². The van der Waals surface area contributed by atoms with E-state index in [4.69, 9.17) is 40.5 Å². The number of nitrogen functional groups attached to an aromatic ring is 1. The normalized spacial score (nSPS) is 10.8. The van der Waals surface area contributed by atoms with Gasteiger partial charge in [-0.2, -0.15) is 26.3 Å². The van der Waals surface area contributed by atoms with Gasteiger partial charge in [0, 0.05) is 39.1 Å². The lowest BCUT2D eigenvalue weighted by atomic mass is 10.1.